The van der Waals surface area contributed by atoms with Crippen LogP contribution in [0.1, 0.15) is 30.9 Å². The van der Waals surface area contributed by atoms with Gasteiger partial charge in [-0.2, -0.15) is 0 Å². The normalized spacial score (nSPS) is 16.3. The van der Waals surface area contributed by atoms with Gasteiger partial charge in [-0.05, 0) is 43.2 Å². The Balaban J connectivity index is 1.89. The van der Waals surface area contributed by atoms with E-state index < -0.39 is 17.9 Å². The predicted molar refractivity (Wildman–Crippen MR) is 118 cm³/mol. The Kier molecular flexibility index (Phi) is 6.92. The highest BCUT2D eigenvalue weighted by Gasteiger charge is 2.37. The number of ether oxygens (including phenoxy) is 2. The number of hydrogen-bond acceptors (Lipinski definition) is 5. The van der Waals surface area contributed by atoms with E-state index in [0.717, 1.165) is 5.56 Å². The van der Waals surface area contributed by atoms with Crippen molar-refractivity contribution in [2.24, 2.45) is 0 Å². The van der Waals surface area contributed by atoms with E-state index in [2.05, 4.69) is 5.32 Å². The fourth-order valence-corrected chi connectivity index (χ4v) is 3.65. The van der Waals surface area contributed by atoms with Crippen LogP contribution in [0.25, 0.3) is 6.08 Å². The van der Waals surface area contributed by atoms with E-state index in [0.29, 0.717) is 22.7 Å². The minimum absolute atomic E-state index is 0.0699. The van der Waals surface area contributed by atoms with Crippen molar-refractivity contribution >= 4 is 18.0 Å². The molecule has 1 heterocycles. The van der Waals surface area contributed by atoms with Crippen molar-refractivity contribution in [3.63, 3.8) is 0 Å². The molecule has 6 heteroatoms. The summed E-state index contributed by atoms with van der Waals surface area (Å²) >= 11 is 0. The maximum absolute atomic E-state index is 13.0. The van der Waals surface area contributed by atoms with Gasteiger partial charge in [-0.1, -0.05) is 48.5 Å². The van der Waals surface area contributed by atoms with Gasteiger partial charge in [0.05, 0.1) is 24.2 Å². The van der Waals surface area contributed by atoms with Crippen LogP contribution in [-0.4, -0.2) is 30.8 Å². The predicted octanol–water partition coefficient (Wildman–Crippen LogP) is 4.27. The molecule has 0 aliphatic carbocycles. The van der Waals surface area contributed by atoms with Gasteiger partial charge in [-0.3, -0.25) is 0 Å². The van der Waals surface area contributed by atoms with Gasteiger partial charge >= 0.3 is 11.9 Å². The van der Waals surface area contributed by atoms with Crippen LogP contribution in [0, 0.1) is 0 Å². The molecule has 31 heavy (non-hydrogen) atoms. The third-order valence-electron chi connectivity index (χ3n) is 5.06. The minimum atomic E-state index is -1.10. The highest BCUT2D eigenvalue weighted by molar-refractivity contribution is 5.99. The zero-order chi connectivity index (χ0) is 22.4. The van der Waals surface area contributed by atoms with Crippen LogP contribution in [0.5, 0.6) is 5.75 Å². The summed E-state index contributed by atoms with van der Waals surface area (Å²) in [6.45, 7) is 3.50. The molecule has 0 amide bonds. The Hall–Kier alpha value is -3.80. The van der Waals surface area contributed by atoms with Gasteiger partial charge in [0, 0.05) is 11.4 Å². The number of benzene rings is 2. The lowest BCUT2D eigenvalue weighted by atomic mass is 9.80. The number of methoxy groups -OCH3 is 1. The van der Waals surface area contributed by atoms with Crippen LogP contribution in [0.15, 0.2) is 83.2 Å². The summed E-state index contributed by atoms with van der Waals surface area (Å²) in [5.74, 6) is -1.87. The first-order valence-corrected chi connectivity index (χ1v) is 9.87. The second kappa shape index (κ2) is 9.80. The molecule has 0 saturated carbocycles. The zero-order valence-corrected chi connectivity index (χ0v) is 17.7. The Morgan fingerprint density at radius 3 is 2.42 bits per heavy atom. The van der Waals surface area contributed by atoms with Crippen molar-refractivity contribution in [1.82, 2.24) is 5.32 Å². The molecule has 0 spiro atoms. The van der Waals surface area contributed by atoms with Crippen molar-refractivity contribution in [3.05, 3.63) is 94.3 Å². The molecule has 0 aromatic heterocycles. The molecule has 1 aliphatic rings. The molecule has 3 rings (SSSR count). The summed E-state index contributed by atoms with van der Waals surface area (Å²) in [6, 6.07) is 16.7. The third kappa shape index (κ3) is 5.04. The molecule has 2 aromatic rings. The fourth-order valence-electron chi connectivity index (χ4n) is 3.65. The summed E-state index contributed by atoms with van der Waals surface area (Å²) in [6.07, 6.45) is 3.61. The molecule has 1 unspecified atom stereocenters. The minimum Gasteiger partial charge on any atom is -0.497 e. The average Bonchev–Trinajstić information content (AvgIpc) is 2.76. The first kappa shape index (κ1) is 21.9. The van der Waals surface area contributed by atoms with Crippen molar-refractivity contribution < 1.29 is 24.2 Å². The van der Waals surface area contributed by atoms with E-state index in [4.69, 9.17) is 9.47 Å². The Morgan fingerprint density at radius 2 is 1.74 bits per heavy atom. The highest BCUT2D eigenvalue weighted by Crippen LogP contribution is 2.39. The van der Waals surface area contributed by atoms with Crippen molar-refractivity contribution in [3.8, 4) is 5.75 Å². The molecule has 1 atom stereocenters. The number of hydrogen-bond donors (Lipinski definition) is 2. The maximum atomic E-state index is 13.0. The first-order chi connectivity index (χ1) is 14.9. The lowest BCUT2D eigenvalue weighted by molar-refractivity contribution is -0.138. The van der Waals surface area contributed by atoms with E-state index in [1.54, 1.807) is 44.2 Å². The van der Waals surface area contributed by atoms with E-state index in [1.165, 1.54) is 7.11 Å². The number of dihydropyridines is 1. The van der Waals surface area contributed by atoms with Gasteiger partial charge in [0.2, 0.25) is 0 Å². The number of carboxylic acid groups (broad SMARTS) is 1. The number of esters is 1. The van der Waals surface area contributed by atoms with E-state index in [1.807, 2.05) is 36.4 Å². The average molecular weight is 419 g/mol. The van der Waals surface area contributed by atoms with Crippen LogP contribution in [0.3, 0.4) is 0 Å². The molecule has 0 radical (unpaired) electrons. The van der Waals surface area contributed by atoms with Gasteiger partial charge in [-0.25, -0.2) is 9.59 Å². The molecule has 0 bridgehead atoms. The SMILES string of the molecule is COc1cccc(C2C(C(=O)O)=C(C)NC(C)=C2C(=O)OC/C=C/c2ccccc2)c1. The molecule has 0 saturated heterocycles. The molecular weight excluding hydrogens is 394 g/mol. The van der Waals surface area contributed by atoms with Crippen molar-refractivity contribution in [1.29, 1.82) is 0 Å². The van der Waals surface area contributed by atoms with Crippen LogP contribution in [0.2, 0.25) is 0 Å². The standard InChI is InChI=1S/C25H25NO5/c1-16-21(24(27)28)23(19-12-7-13-20(15-19)30-3)22(17(2)26-16)25(29)31-14-8-11-18-9-5-4-6-10-18/h4-13,15,23,26H,14H2,1-3H3,(H,27,28)/b11-8+. The van der Waals surface area contributed by atoms with Gasteiger partial charge < -0.3 is 19.9 Å². The monoisotopic (exact) mass is 419 g/mol. The van der Waals surface area contributed by atoms with Gasteiger partial charge in [0.25, 0.3) is 0 Å². The summed E-state index contributed by atoms with van der Waals surface area (Å²) in [5, 5.41) is 12.9. The fraction of sp³-hybridized carbons (Fsp3) is 0.200. The Bertz CT molecular complexity index is 1070. The summed E-state index contributed by atoms with van der Waals surface area (Å²) in [7, 11) is 1.54. The summed E-state index contributed by atoms with van der Waals surface area (Å²) in [5.41, 5.74) is 3.05. The van der Waals surface area contributed by atoms with Gasteiger partial charge in [-0.15, -0.1) is 0 Å². The van der Waals surface area contributed by atoms with Crippen LogP contribution >= 0.6 is 0 Å². The molecule has 2 aromatic carbocycles. The van der Waals surface area contributed by atoms with Gasteiger partial charge in [0.1, 0.15) is 12.4 Å². The molecule has 0 fully saturated rings. The lowest BCUT2D eigenvalue weighted by Crippen LogP contribution is -2.31. The molecule has 1 aliphatic heterocycles. The topological polar surface area (TPSA) is 84.9 Å². The molecule has 160 valence electrons. The number of allylic oxidation sites excluding steroid dienone is 2. The third-order valence-corrected chi connectivity index (χ3v) is 5.06. The lowest BCUT2D eigenvalue weighted by Gasteiger charge is -2.29. The van der Waals surface area contributed by atoms with Crippen LogP contribution in [-0.2, 0) is 14.3 Å². The summed E-state index contributed by atoms with van der Waals surface area (Å²) < 4.78 is 10.8. The van der Waals surface area contributed by atoms with Crippen LogP contribution < -0.4 is 10.1 Å². The van der Waals surface area contributed by atoms with E-state index >= 15 is 0 Å². The second-order valence-electron chi connectivity index (χ2n) is 7.13. The summed E-state index contributed by atoms with van der Waals surface area (Å²) in [4.78, 5) is 25.1. The van der Waals surface area contributed by atoms with E-state index in [-0.39, 0.29) is 17.8 Å². The van der Waals surface area contributed by atoms with Crippen molar-refractivity contribution in [2.45, 2.75) is 19.8 Å². The Labute approximate surface area is 181 Å². The second-order valence-corrected chi connectivity index (χ2v) is 7.13. The highest BCUT2D eigenvalue weighted by atomic mass is 16.5. The first-order valence-electron chi connectivity index (χ1n) is 9.87. The Morgan fingerprint density at radius 1 is 1.03 bits per heavy atom. The number of aliphatic carboxylic acids is 1. The van der Waals surface area contributed by atoms with E-state index in [9.17, 15) is 14.7 Å². The quantitative estimate of drug-likeness (QED) is 0.652. The number of carboxylic acids is 1. The zero-order valence-electron chi connectivity index (χ0n) is 17.7. The van der Waals surface area contributed by atoms with Gasteiger partial charge in [0.15, 0.2) is 0 Å². The number of rotatable bonds is 7. The maximum Gasteiger partial charge on any atom is 0.337 e. The number of nitrogens with one attached hydrogen (secondary N) is 1. The van der Waals surface area contributed by atoms with Crippen LogP contribution in [0.4, 0.5) is 0 Å². The van der Waals surface area contributed by atoms with Crippen molar-refractivity contribution in [2.75, 3.05) is 13.7 Å². The molecule has 2 N–H and O–H groups in total. The number of carbonyl (C=O) groups is 2. The number of carbonyl (C=O) groups excluding carboxylic acids is 1. The largest absolute Gasteiger partial charge is 0.497 e. The molecule has 6 nitrogen and oxygen atoms in total. The molecular formula is C25H25NO5. The smallest absolute Gasteiger partial charge is 0.337 e.